The van der Waals surface area contributed by atoms with Crippen LogP contribution in [0.1, 0.15) is 0 Å². The lowest BCUT2D eigenvalue weighted by atomic mass is 9.81. The van der Waals surface area contributed by atoms with Gasteiger partial charge in [-0.2, -0.15) is 0 Å². The molecule has 2 atom stereocenters. The molecular weight excluding hydrogens is 212 g/mol. The zero-order valence-electron chi connectivity index (χ0n) is 9.23. The van der Waals surface area contributed by atoms with E-state index in [4.69, 9.17) is 0 Å². The maximum Gasteiger partial charge on any atom is 0.179 e. The summed E-state index contributed by atoms with van der Waals surface area (Å²) in [6.45, 7) is 0.947. The first-order chi connectivity index (χ1) is 8.33. The molecule has 1 heterocycles. The van der Waals surface area contributed by atoms with Crippen LogP contribution in [-0.4, -0.2) is 12.3 Å². The normalized spacial score (nSPS) is 32.8. The summed E-state index contributed by atoms with van der Waals surface area (Å²) in [4.78, 5) is 11.5. The highest BCUT2D eigenvalue weighted by Gasteiger charge is 2.38. The van der Waals surface area contributed by atoms with Gasteiger partial charge in [0.15, 0.2) is 5.78 Å². The van der Waals surface area contributed by atoms with E-state index < -0.39 is 0 Å². The minimum Gasteiger partial charge on any atom is -0.325 e. The van der Waals surface area contributed by atoms with Crippen molar-refractivity contribution < 1.29 is 4.79 Å². The van der Waals surface area contributed by atoms with Crippen molar-refractivity contribution in [3.05, 3.63) is 58.9 Å². The Morgan fingerprint density at radius 1 is 1.24 bits per heavy atom. The van der Waals surface area contributed by atoms with Crippen molar-refractivity contribution in [1.29, 1.82) is 0 Å². The van der Waals surface area contributed by atoms with E-state index >= 15 is 0 Å². The predicted octanol–water partition coefficient (Wildman–Crippen LogP) is 1.16. The zero-order valence-corrected chi connectivity index (χ0v) is 9.23. The third kappa shape index (κ3) is 1.17. The van der Waals surface area contributed by atoms with Crippen LogP contribution in [0.25, 0.3) is 0 Å². The Kier molecular flexibility index (Phi) is 1.66. The Balaban J connectivity index is 1.85. The number of allylic oxidation sites excluding steroid dienone is 9. The van der Waals surface area contributed by atoms with Crippen molar-refractivity contribution in [3.63, 3.8) is 0 Å². The number of hydrogen-bond donors (Lipinski definition) is 2. The van der Waals surface area contributed by atoms with Crippen molar-refractivity contribution in [1.82, 2.24) is 10.9 Å². The summed E-state index contributed by atoms with van der Waals surface area (Å²) >= 11 is 0. The molecule has 0 radical (unpaired) electrons. The molecule has 0 saturated carbocycles. The van der Waals surface area contributed by atoms with Crippen LogP contribution in [-0.2, 0) is 4.79 Å². The van der Waals surface area contributed by atoms with Crippen molar-refractivity contribution >= 4 is 5.78 Å². The number of carbonyl (C=O) groups is 1. The van der Waals surface area contributed by atoms with Crippen LogP contribution in [0.3, 0.4) is 0 Å². The molecule has 0 bridgehead atoms. The maximum absolute atomic E-state index is 11.5. The van der Waals surface area contributed by atoms with Crippen molar-refractivity contribution in [2.45, 2.75) is 0 Å². The molecule has 84 valence electrons. The van der Waals surface area contributed by atoms with Crippen molar-refractivity contribution in [2.75, 3.05) is 6.54 Å². The molecule has 0 aromatic heterocycles. The molecule has 2 N–H and O–H groups in total. The maximum atomic E-state index is 11.5. The first-order valence-corrected chi connectivity index (χ1v) is 5.90. The van der Waals surface area contributed by atoms with E-state index in [1.54, 1.807) is 12.2 Å². The second-order valence-corrected chi connectivity index (χ2v) is 4.80. The molecule has 0 aromatic carbocycles. The van der Waals surface area contributed by atoms with Crippen LogP contribution in [0, 0.1) is 11.8 Å². The van der Waals surface area contributed by atoms with Crippen LogP contribution in [0.2, 0.25) is 0 Å². The molecule has 0 aromatic rings. The van der Waals surface area contributed by atoms with E-state index in [0.717, 1.165) is 12.1 Å². The first kappa shape index (κ1) is 9.19. The summed E-state index contributed by atoms with van der Waals surface area (Å²) in [6, 6.07) is 0. The minimum atomic E-state index is 0.0937. The lowest BCUT2D eigenvalue weighted by molar-refractivity contribution is -0.110. The Morgan fingerprint density at radius 3 is 3.12 bits per heavy atom. The van der Waals surface area contributed by atoms with Crippen LogP contribution in [0.5, 0.6) is 0 Å². The highest BCUT2D eigenvalue weighted by Crippen LogP contribution is 2.45. The predicted molar refractivity (Wildman–Crippen MR) is 64.6 cm³/mol. The number of carbonyl (C=O) groups excluding carboxylic acids is 1. The van der Waals surface area contributed by atoms with E-state index in [1.165, 1.54) is 16.8 Å². The zero-order chi connectivity index (χ0) is 11.4. The molecule has 1 saturated heterocycles. The summed E-state index contributed by atoms with van der Waals surface area (Å²) in [7, 11) is 0. The van der Waals surface area contributed by atoms with Gasteiger partial charge in [0, 0.05) is 24.1 Å². The molecular formula is C14H12N2O. The van der Waals surface area contributed by atoms with Gasteiger partial charge >= 0.3 is 0 Å². The Hall–Kier alpha value is -1.87. The molecule has 1 fully saturated rings. The third-order valence-corrected chi connectivity index (χ3v) is 3.88. The minimum absolute atomic E-state index is 0.0937. The Morgan fingerprint density at radius 2 is 2.18 bits per heavy atom. The Labute approximate surface area is 99.2 Å². The van der Waals surface area contributed by atoms with E-state index in [0.29, 0.717) is 11.8 Å². The third-order valence-electron chi connectivity index (χ3n) is 3.88. The molecule has 2 unspecified atom stereocenters. The van der Waals surface area contributed by atoms with E-state index in [-0.39, 0.29) is 5.78 Å². The molecule has 3 nitrogen and oxygen atoms in total. The van der Waals surface area contributed by atoms with Gasteiger partial charge in [0.25, 0.3) is 0 Å². The van der Waals surface area contributed by atoms with Gasteiger partial charge in [0.05, 0.1) is 0 Å². The van der Waals surface area contributed by atoms with Gasteiger partial charge < -0.3 is 5.43 Å². The van der Waals surface area contributed by atoms with Gasteiger partial charge in [0.2, 0.25) is 0 Å². The fourth-order valence-corrected chi connectivity index (χ4v) is 3.06. The highest BCUT2D eigenvalue weighted by molar-refractivity contribution is 6.03. The van der Waals surface area contributed by atoms with Crippen LogP contribution >= 0.6 is 0 Å². The molecule has 0 spiro atoms. The molecule has 4 aliphatic rings. The second-order valence-electron chi connectivity index (χ2n) is 4.80. The van der Waals surface area contributed by atoms with Gasteiger partial charge in [-0.25, -0.2) is 5.43 Å². The number of rotatable bonds is 0. The molecule has 3 aliphatic carbocycles. The van der Waals surface area contributed by atoms with Crippen LogP contribution < -0.4 is 10.9 Å². The topological polar surface area (TPSA) is 41.1 Å². The summed E-state index contributed by atoms with van der Waals surface area (Å²) in [5.74, 6) is 0.989. The second kappa shape index (κ2) is 3.08. The summed E-state index contributed by atoms with van der Waals surface area (Å²) in [6.07, 6.45) is 11.9. The summed E-state index contributed by atoms with van der Waals surface area (Å²) < 4.78 is 0. The number of hydrogen-bond acceptors (Lipinski definition) is 3. The molecule has 3 heteroatoms. The highest BCUT2D eigenvalue weighted by atomic mass is 16.1. The molecule has 4 rings (SSSR count). The number of hydrazine groups is 1. The van der Waals surface area contributed by atoms with Gasteiger partial charge in [-0.1, -0.05) is 18.2 Å². The fraction of sp³-hybridized carbons (Fsp3) is 0.214. The average Bonchev–Trinajstić information content (AvgIpc) is 2.91. The van der Waals surface area contributed by atoms with Gasteiger partial charge in [0.1, 0.15) is 0 Å². The van der Waals surface area contributed by atoms with E-state index in [1.807, 2.05) is 6.08 Å². The standard InChI is InChI=1S/C14H12N2O/c17-9-2-1-8-5-12-10(11(8)6-9)3-4-14-13(12)7-15-16-14/h1-6,12-13,15-16H,7H2. The summed E-state index contributed by atoms with van der Waals surface area (Å²) in [5.41, 5.74) is 11.2. The Bertz CT molecular complexity index is 575. The lowest BCUT2D eigenvalue weighted by Gasteiger charge is -2.23. The van der Waals surface area contributed by atoms with Crippen LogP contribution in [0.15, 0.2) is 58.9 Å². The molecule has 17 heavy (non-hydrogen) atoms. The van der Waals surface area contributed by atoms with E-state index in [9.17, 15) is 4.79 Å². The molecule has 1 aliphatic heterocycles. The van der Waals surface area contributed by atoms with E-state index in [2.05, 4.69) is 29.1 Å². The monoisotopic (exact) mass is 224 g/mol. The lowest BCUT2D eigenvalue weighted by Crippen LogP contribution is -2.20. The number of fused-ring (bicyclic) bond motifs is 5. The van der Waals surface area contributed by atoms with Gasteiger partial charge in [-0.3, -0.25) is 4.79 Å². The number of nitrogens with one attached hydrogen (secondary N) is 2. The van der Waals surface area contributed by atoms with Crippen LogP contribution in [0.4, 0.5) is 0 Å². The quantitative estimate of drug-likeness (QED) is 0.648. The van der Waals surface area contributed by atoms with Crippen molar-refractivity contribution in [3.8, 4) is 0 Å². The summed E-state index contributed by atoms with van der Waals surface area (Å²) in [5, 5.41) is 0. The largest absolute Gasteiger partial charge is 0.325 e. The van der Waals surface area contributed by atoms with Gasteiger partial charge in [-0.15, -0.1) is 0 Å². The smallest absolute Gasteiger partial charge is 0.179 e. The van der Waals surface area contributed by atoms with Crippen molar-refractivity contribution in [2.24, 2.45) is 11.8 Å². The average molecular weight is 224 g/mol. The first-order valence-electron chi connectivity index (χ1n) is 5.90. The SMILES string of the molecule is O=C1C=CC2=CC3C(=CC=C4NNCC43)C2=C1. The number of ketones is 1. The fourth-order valence-electron chi connectivity index (χ4n) is 3.06. The van der Waals surface area contributed by atoms with Gasteiger partial charge in [-0.05, 0) is 34.9 Å². The molecule has 0 amide bonds.